The van der Waals surface area contributed by atoms with Gasteiger partial charge in [-0.25, -0.2) is 0 Å². The third-order valence-electron chi connectivity index (χ3n) is 3.70. The van der Waals surface area contributed by atoms with Gasteiger partial charge >= 0.3 is 0 Å². The van der Waals surface area contributed by atoms with Crippen LogP contribution in [0.3, 0.4) is 0 Å². The molecule has 0 aliphatic carbocycles. The third-order valence-corrected chi connectivity index (χ3v) is 4.42. The summed E-state index contributed by atoms with van der Waals surface area (Å²) < 4.78 is 7.36. The molecule has 3 aliphatic heterocycles. The minimum atomic E-state index is 0. The maximum atomic E-state index is 6.10. The lowest BCUT2D eigenvalue weighted by molar-refractivity contribution is -0.00776. The molecule has 1 unspecified atom stereocenters. The number of halogens is 2. The summed E-state index contributed by atoms with van der Waals surface area (Å²) >= 11 is 2.32. The molecule has 0 radical (unpaired) electrons. The highest BCUT2D eigenvalue weighted by Gasteiger charge is 2.35. The van der Waals surface area contributed by atoms with Crippen molar-refractivity contribution >= 4 is 35.0 Å². The van der Waals surface area contributed by atoms with Gasteiger partial charge in [-0.1, -0.05) is 0 Å². The van der Waals surface area contributed by atoms with Crippen LogP contribution in [-0.4, -0.2) is 30.6 Å². The Balaban J connectivity index is 0.00000108. The molecule has 0 saturated carbocycles. The summed E-state index contributed by atoms with van der Waals surface area (Å²) in [6.07, 6.45) is 3.05. The normalized spacial score (nSPS) is 30.8. The zero-order chi connectivity index (χ0) is 11.0. The molecule has 4 rings (SSSR count). The molecule has 17 heavy (non-hydrogen) atoms. The van der Waals surface area contributed by atoms with E-state index in [4.69, 9.17) is 4.74 Å². The molecule has 3 saturated heterocycles. The molecular weight excluding hydrogens is 349 g/mol. The monoisotopic (exact) mass is 365 g/mol. The molecule has 0 spiro atoms. The predicted octanol–water partition coefficient (Wildman–Crippen LogP) is 3.19. The first-order valence-electron chi connectivity index (χ1n) is 5.96. The van der Waals surface area contributed by atoms with E-state index in [0.717, 1.165) is 18.2 Å². The largest absolute Gasteiger partial charge is 0.489 e. The van der Waals surface area contributed by atoms with Gasteiger partial charge in [0.15, 0.2) is 0 Å². The first-order valence-corrected chi connectivity index (χ1v) is 7.04. The van der Waals surface area contributed by atoms with Crippen LogP contribution in [0.2, 0.25) is 0 Å². The smallest absolute Gasteiger partial charge is 0.119 e. The third kappa shape index (κ3) is 3.06. The van der Waals surface area contributed by atoms with Crippen LogP contribution in [0.5, 0.6) is 5.75 Å². The van der Waals surface area contributed by atoms with Gasteiger partial charge in [0, 0.05) is 10.1 Å². The zero-order valence-corrected chi connectivity index (χ0v) is 12.6. The number of nitrogens with zero attached hydrogens (tertiary/aromatic N) is 1. The van der Waals surface area contributed by atoms with Gasteiger partial charge in [0.2, 0.25) is 0 Å². The van der Waals surface area contributed by atoms with Gasteiger partial charge in [0.1, 0.15) is 11.9 Å². The fourth-order valence-electron chi connectivity index (χ4n) is 2.73. The molecule has 94 valence electrons. The summed E-state index contributed by atoms with van der Waals surface area (Å²) in [5.41, 5.74) is 0. The van der Waals surface area contributed by atoms with Crippen LogP contribution in [0.15, 0.2) is 24.3 Å². The molecule has 1 aromatic rings. The first-order chi connectivity index (χ1) is 7.81. The molecule has 3 aliphatic rings. The van der Waals surface area contributed by atoms with Gasteiger partial charge in [-0.15, -0.1) is 12.4 Å². The molecule has 3 heterocycles. The summed E-state index contributed by atoms with van der Waals surface area (Å²) in [7, 11) is 0. The Bertz CT molecular complexity index is 362. The van der Waals surface area contributed by atoms with Crippen molar-refractivity contribution in [2.75, 3.05) is 19.6 Å². The molecule has 1 atom stereocenters. The van der Waals surface area contributed by atoms with E-state index in [1.807, 2.05) is 0 Å². The molecule has 0 N–H and O–H groups in total. The summed E-state index contributed by atoms with van der Waals surface area (Å²) in [5, 5.41) is 0. The highest BCUT2D eigenvalue weighted by Crippen LogP contribution is 2.30. The second-order valence-electron chi connectivity index (χ2n) is 4.75. The van der Waals surface area contributed by atoms with E-state index in [9.17, 15) is 0 Å². The van der Waals surface area contributed by atoms with Crippen molar-refractivity contribution in [1.29, 1.82) is 0 Å². The predicted molar refractivity (Wildman–Crippen MR) is 80.0 cm³/mol. The van der Waals surface area contributed by atoms with Crippen molar-refractivity contribution < 1.29 is 4.74 Å². The maximum absolute atomic E-state index is 6.10. The SMILES string of the molecule is Cl.Ic1ccc(OC2CN3CCC2CC3)cc1. The van der Waals surface area contributed by atoms with Crippen LogP contribution >= 0.6 is 35.0 Å². The van der Waals surface area contributed by atoms with Crippen molar-refractivity contribution in [2.45, 2.75) is 18.9 Å². The fraction of sp³-hybridized carbons (Fsp3) is 0.538. The molecule has 2 bridgehead atoms. The van der Waals surface area contributed by atoms with Crippen LogP contribution in [0.1, 0.15) is 12.8 Å². The van der Waals surface area contributed by atoms with E-state index in [1.165, 1.54) is 29.5 Å². The molecule has 0 amide bonds. The highest BCUT2D eigenvalue weighted by molar-refractivity contribution is 14.1. The average Bonchev–Trinajstić information content (AvgIpc) is 2.34. The molecule has 4 heteroatoms. The Labute approximate surface area is 122 Å². The second-order valence-corrected chi connectivity index (χ2v) is 5.99. The van der Waals surface area contributed by atoms with Crippen LogP contribution < -0.4 is 4.74 Å². The van der Waals surface area contributed by atoms with E-state index in [2.05, 4.69) is 51.8 Å². The molecule has 2 nitrogen and oxygen atoms in total. The Hall–Kier alpha value is 0. The Morgan fingerprint density at radius 1 is 1.12 bits per heavy atom. The minimum absolute atomic E-state index is 0. The summed E-state index contributed by atoms with van der Waals surface area (Å²) in [6.45, 7) is 3.67. The quantitative estimate of drug-likeness (QED) is 0.746. The van der Waals surface area contributed by atoms with Gasteiger partial charge < -0.3 is 4.74 Å². The molecule has 3 fully saturated rings. The number of ether oxygens (including phenoxy) is 1. The number of rotatable bonds is 2. The van der Waals surface area contributed by atoms with Gasteiger partial charge in [-0.05, 0) is 78.7 Å². The lowest BCUT2D eigenvalue weighted by Gasteiger charge is -2.44. The van der Waals surface area contributed by atoms with Crippen molar-refractivity contribution in [3.05, 3.63) is 27.8 Å². The summed E-state index contributed by atoms with van der Waals surface area (Å²) in [5.74, 6) is 1.81. The van der Waals surface area contributed by atoms with Crippen LogP contribution in [0.25, 0.3) is 0 Å². The van der Waals surface area contributed by atoms with Crippen LogP contribution in [0, 0.1) is 9.49 Å². The fourth-order valence-corrected chi connectivity index (χ4v) is 3.09. The standard InChI is InChI=1S/C13H16INO.ClH/c14-11-1-3-12(4-2-11)16-13-9-15-7-5-10(13)6-8-15;/h1-4,10,13H,5-9H2;1H. The lowest BCUT2D eigenvalue weighted by Crippen LogP contribution is -2.52. The highest BCUT2D eigenvalue weighted by atomic mass is 127. The summed E-state index contributed by atoms with van der Waals surface area (Å²) in [4.78, 5) is 2.53. The van der Waals surface area contributed by atoms with Gasteiger partial charge in [0.25, 0.3) is 0 Å². The topological polar surface area (TPSA) is 12.5 Å². The average molecular weight is 366 g/mol. The first kappa shape index (κ1) is 13.4. The van der Waals surface area contributed by atoms with E-state index < -0.39 is 0 Å². The molecule has 0 aromatic heterocycles. The zero-order valence-electron chi connectivity index (χ0n) is 9.64. The van der Waals surface area contributed by atoms with Gasteiger partial charge in [0.05, 0.1) is 0 Å². The second kappa shape index (κ2) is 5.76. The Morgan fingerprint density at radius 2 is 1.76 bits per heavy atom. The molecular formula is C13H17ClINO. The van der Waals surface area contributed by atoms with Gasteiger partial charge in [-0.2, -0.15) is 0 Å². The maximum Gasteiger partial charge on any atom is 0.119 e. The van der Waals surface area contributed by atoms with Crippen LogP contribution in [0.4, 0.5) is 0 Å². The van der Waals surface area contributed by atoms with E-state index in [1.54, 1.807) is 0 Å². The molecule has 1 aromatic carbocycles. The van der Waals surface area contributed by atoms with Crippen molar-refractivity contribution in [3.63, 3.8) is 0 Å². The van der Waals surface area contributed by atoms with Crippen LogP contribution in [-0.2, 0) is 0 Å². The van der Waals surface area contributed by atoms with E-state index in [0.29, 0.717) is 6.10 Å². The van der Waals surface area contributed by atoms with Crippen molar-refractivity contribution in [1.82, 2.24) is 4.90 Å². The number of fused-ring (bicyclic) bond motifs is 3. The number of hydrogen-bond acceptors (Lipinski definition) is 2. The number of hydrogen-bond donors (Lipinski definition) is 0. The van der Waals surface area contributed by atoms with E-state index >= 15 is 0 Å². The lowest BCUT2D eigenvalue weighted by atomic mass is 9.86. The van der Waals surface area contributed by atoms with Gasteiger partial charge in [-0.3, -0.25) is 4.90 Å². The number of piperidine rings is 3. The van der Waals surface area contributed by atoms with Crippen molar-refractivity contribution in [2.24, 2.45) is 5.92 Å². The Kier molecular flexibility index (Phi) is 4.55. The summed E-state index contributed by atoms with van der Waals surface area (Å²) in [6, 6.07) is 8.38. The van der Waals surface area contributed by atoms with E-state index in [-0.39, 0.29) is 12.4 Å². The Morgan fingerprint density at radius 3 is 2.29 bits per heavy atom. The minimum Gasteiger partial charge on any atom is -0.489 e. The van der Waals surface area contributed by atoms with Crippen molar-refractivity contribution in [3.8, 4) is 5.75 Å². The number of benzene rings is 1.